The minimum atomic E-state index is -0.213. The normalized spacial score (nSPS) is 23.4. The summed E-state index contributed by atoms with van der Waals surface area (Å²) in [5, 5.41) is 4.25. The Labute approximate surface area is 124 Å². The predicted molar refractivity (Wildman–Crippen MR) is 78.8 cm³/mol. The van der Waals surface area contributed by atoms with E-state index in [9.17, 15) is 4.39 Å². The van der Waals surface area contributed by atoms with Crippen molar-refractivity contribution in [1.29, 1.82) is 0 Å². The van der Waals surface area contributed by atoms with Crippen LogP contribution in [0.5, 0.6) is 0 Å². The van der Waals surface area contributed by atoms with E-state index in [1.807, 2.05) is 12.3 Å². The maximum atomic E-state index is 13.6. The molecule has 5 heteroatoms. The number of hydrogen-bond donors (Lipinski definition) is 0. The summed E-state index contributed by atoms with van der Waals surface area (Å²) in [6.45, 7) is 6.56. The number of hydrogen-bond acceptors (Lipinski definition) is 3. The highest BCUT2D eigenvalue weighted by molar-refractivity contribution is 5.40. The van der Waals surface area contributed by atoms with Gasteiger partial charge in [-0.15, -0.1) is 0 Å². The molecule has 1 aliphatic rings. The molecule has 1 aliphatic heterocycles. The summed E-state index contributed by atoms with van der Waals surface area (Å²) in [5.41, 5.74) is 1.87. The number of halogens is 1. The number of rotatable bonds is 3. The Bertz CT molecular complexity index is 590. The van der Waals surface area contributed by atoms with Crippen LogP contribution >= 0.6 is 0 Å². The van der Waals surface area contributed by atoms with Gasteiger partial charge in [-0.25, -0.2) is 9.07 Å². The van der Waals surface area contributed by atoms with Gasteiger partial charge in [0, 0.05) is 32.0 Å². The van der Waals surface area contributed by atoms with Gasteiger partial charge < -0.3 is 4.74 Å². The highest BCUT2D eigenvalue weighted by Crippen LogP contribution is 2.20. The number of aromatic nitrogens is 2. The summed E-state index contributed by atoms with van der Waals surface area (Å²) in [4.78, 5) is 2.31. The lowest BCUT2D eigenvalue weighted by molar-refractivity contribution is -0.0705. The van der Waals surface area contributed by atoms with E-state index in [-0.39, 0.29) is 18.0 Å². The molecule has 1 aromatic heterocycles. The summed E-state index contributed by atoms with van der Waals surface area (Å²) < 4.78 is 21.2. The van der Waals surface area contributed by atoms with Gasteiger partial charge in [0.05, 0.1) is 17.9 Å². The van der Waals surface area contributed by atoms with Gasteiger partial charge in [0.1, 0.15) is 5.82 Å². The van der Waals surface area contributed by atoms with Crippen molar-refractivity contribution in [3.05, 3.63) is 48.0 Å². The molecule has 0 aliphatic carbocycles. The van der Waals surface area contributed by atoms with Crippen LogP contribution in [-0.2, 0) is 11.3 Å². The Hall–Kier alpha value is -1.72. The SMILES string of the molecule is C[C@@H]1CN(Cc2cc(F)ccc2-n2cccn2)C[C@H](C)O1. The van der Waals surface area contributed by atoms with Gasteiger partial charge in [-0.2, -0.15) is 5.10 Å². The molecule has 0 bridgehead atoms. The fourth-order valence-corrected chi connectivity index (χ4v) is 2.97. The first-order valence-electron chi connectivity index (χ1n) is 7.28. The minimum absolute atomic E-state index is 0.204. The van der Waals surface area contributed by atoms with Gasteiger partial charge in [0.25, 0.3) is 0 Å². The van der Waals surface area contributed by atoms with Crippen molar-refractivity contribution in [3.8, 4) is 5.69 Å². The van der Waals surface area contributed by atoms with Crippen molar-refractivity contribution in [3.63, 3.8) is 0 Å². The number of benzene rings is 1. The lowest BCUT2D eigenvalue weighted by Crippen LogP contribution is -2.44. The number of ether oxygens (including phenoxy) is 1. The molecule has 0 amide bonds. The first-order chi connectivity index (χ1) is 10.1. The number of morpholine rings is 1. The Morgan fingerprint density at radius 3 is 2.71 bits per heavy atom. The van der Waals surface area contributed by atoms with Gasteiger partial charge in [-0.3, -0.25) is 4.90 Å². The number of nitrogens with zero attached hydrogens (tertiary/aromatic N) is 3. The molecule has 0 radical (unpaired) electrons. The van der Waals surface area contributed by atoms with E-state index in [0.717, 1.165) is 24.3 Å². The van der Waals surface area contributed by atoms with E-state index in [1.165, 1.54) is 6.07 Å². The molecule has 1 saturated heterocycles. The summed E-state index contributed by atoms with van der Waals surface area (Å²) in [6, 6.07) is 6.73. The third-order valence-electron chi connectivity index (χ3n) is 3.68. The molecule has 2 heterocycles. The van der Waals surface area contributed by atoms with Crippen molar-refractivity contribution in [2.24, 2.45) is 0 Å². The summed E-state index contributed by atoms with van der Waals surface area (Å²) in [7, 11) is 0. The molecular formula is C16H20FN3O. The van der Waals surface area contributed by atoms with E-state index in [4.69, 9.17) is 4.74 Å². The molecular weight excluding hydrogens is 269 g/mol. The van der Waals surface area contributed by atoms with Crippen LogP contribution in [-0.4, -0.2) is 40.0 Å². The van der Waals surface area contributed by atoms with Gasteiger partial charge >= 0.3 is 0 Å². The molecule has 0 saturated carbocycles. The van der Waals surface area contributed by atoms with Gasteiger partial charge in [-0.1, -0.05) is 0 Å². The maximum Gasteiger partial charge on any atom is 0.123 e. The molecule has 1 fully saturated rings. The van der Waals surface area contributed by atoms with Crippen LogP contribution in [0.3, 0.4) is 0 Å². The van der Waals surface area contributed by atoms with Gasteiger partial charge in [0.2, 0.25) is 0 Å². The van der Waals surface area contributed by atoms with E-state index in [0.29, 0.717) is 6.54 Å². The van der Waals surface area contributed by atoms with E-state index < -0.39 is 0 Å². The fourth-order valence-electron chi connectivity index (χ4n) is 2.97. The first kappa shape index (κ1) is 14.2. The monoisotopic (exact) mass is 289 g/mol. The zero-order chi connectivity index (χ0) is 14.8. The predicted octanol–water partition coefficient (Wildman–Crippen LogP) is 2.62. The quantitative estimate of drug-likeness (QED) is 0.870. The largest absolute Gasteiger partial charge is 0.373 e. The van der Waals surface area contributed by atoms with Crippen LogP contribution in [0.2, 0.25) is 0 Å². The van der Waals surface area contributed by atoms with E-state index in [1.54, 1.807) is 23.0 Å². The molecule has 0 N–H and O–H groups in total. The van der Waals surface area contributed by atoms with Gasteiger partial charge in [-0.05, 0) is 43.7 Å². The third-order valence-corrected chi connectivity index (χ3v) is 3.68. The molecule has 0 unspecified atom stereocenters. The molecule has 21 heavy (non-hydrogen) atoms. The van der Waals surface area contributed by atoms with E-state index >= 15 is 0 Å². The molecule has 3 rings (SSSR count). The Kier molecular flexibility index (Phi) is 4.03. The molecule has 2 aromatic rings. The summed E-state index contributed by atoms with van der Waals surface area (Å²) >= 11 is 0. The highest BCUT2D eigenvalue weighted by Gasteiger charge is 2.23. The second-order valence-corrected chi connectivity index (χ2v) is 5.68. The molecule has 4 nitrogen and oxygen atoms in total. The smallest absolute Gasteiger partial charge is 0.123 e. The minimum Gasteiger partial charge on any atom is -0.373 e. The third kappa shape index (κ3) is 3.31. The maximum absolute atomic E-state index is 13.6. The summed E-state index contributed by atoms with van der Waals surface area (Å²) in [5.74, 6) is -0.213. The van der Waals surface area contributed by atoms with Crippen LogP contribution in [0, 0.1) is 5.82 Å². The van der Waals surface area contributed by atoms with Crippen molar-refractivity contribution in [2.45, 2.75) is 32.6 Å². The van der Waals surface area contributed by atoms with Crippen molar-refractivity contribution < 1.29 is 9.13 Å². The Morgan fingerprint density at radius 2 is 2.05 bits per heavy atom. The topological polar surface area (TPSA) is 30.3 Å². The van der Waals surface area contributed by atoms with Crippen molar-refractivity contribution >= 4 is 0 Å². The van der Waals surface area contributed by atoms with Crippen molar-refractivity contribution in [1.82, 2.24) is 14.7 Å². The highest BCUT2D eigenvalue weighted by atomic mass is 19.1. The van der Waals surface area contributed by atoms with Crippen LogP contribution < -0.4 is 0 Å². The lowest BCUT2D eigenvalue weighted by atomic mass is 10.1. The zero-order valence-corrected chi connectivity index (χ0v) is 12.4. The lowest BCUT2D eigenvalue weighted by Gasteiger charge is -2.35. The van der Waals surface area contributed by atoms with Crippen LogP contribution in [0.4, 0.5) is 4.39 Å². The van der Waals surface area contributed by atoms with Gasteiger partial charge in [0.15, 0.2) is 0 Å². The summed E-state index contributed by atoms with van der Waals surface area (Å²) in [6.07, 6.45) is 4.01. The fraction of sp³-hybridized carbons (Fsp3) is 0.438. The second-order valence-electron chi connectivity index (χ2n) is 5.68. The van der Waals surface area contributed by atoms with Crippen LogP contribution in [0.25, 0.3) is 5.69 Å². The first-order valence-corrected chi connectivity index (χ1v) is 7.28. The van der Waals surface area contributed by atoms with Crippen LogP contribution in [0.1, 0.15) is 19.4 Å². The Morgan fingerprint density at radius 1 is 1.29 bits per heavy atom. The Balaban J connectivity index is 1.86. The molecule has 1 aromatic carbocycles. The second kappa shape index (κ2) is 5.95. The van der Waals surface area contributed by atoms with E-state index in [2.05, 4.69) is 23.8 Å². The standard InChI is InChI=1S/C16H20FN3O/c1-12-9-19(10-13(2)21-12)11-14-8-15(17)4-5-16(14)20-7-3-6-18-20/h3-8,12-13H,9-11H2,1-2H3/t12-,13+. The van der Waals surface area contributed by atoms with Crippen LogP contribution in [0.15, 0.2) is 36.7 Å². The zero-order valence-electron chi connectivity index (χ0n) is 12.4. The molecule has 2 atom stereocenters. The average molecular weight is 289 g/mol. The molecule has 112 valence electrons. The molecule has 0 spiro atoms. The average Bonchev–Trinajstić information content (AvgIpc) is 2.91. The van der Waals surface area contributed by atoms with Crippen molar-refractivity contribution in [2.75, 3.05) is 13.1 Å².